The first-order chi connectivity index (χ1) is 17.6. The molecular weight excluding hydrogens is 442 g/mol. The third kappa shape index (κ3) is 4.01. The van der Waals surface area contributed by atoms with Gasteiger partial charge in [-0.15, -0.1) is 0 Å². The summed E-state index contributed by atoms with van der Waals surface area (Å²) < 4.78 is 2.20. The predicted molar refractivity (Wildman–Crippen MR) is 149 cm³/mol. The summed E-state index contributed by atoms with van der Waals surface area (Å²) in [4.78, 5) is 14.6. The average Bonchev–Trinajstić information content (AvgIpc) is 3.30. The number of anilines is 2. The smallest absolute Gasteiger partial charge is 0.150 e. The van der Waals surface area contributed by atoms with Gasteiger partial charge in [-0.05, 0) is 50.6 Å². The number of aryl methyl sites for hydroxylation is 2. The molecule has 2 aromatic heterocycles. The van der Waals surface area contributed by atoms with Gasteiger partial charge in [0.2, 0.25) is 0 Å². The number of nitrogens with zero attached hydrogens (tertiary/aromatic N) is 5. The molecule has 180 valence electrons. The summed E-state index contributed by atoms with van der Waals surface area (Å²) in [6.07, 6.45) is 3.93. The summed E-state index contributed by atoms with van der Waals surface area (Å²) >= 11 is 0. The van der Waals surface area contributed by atoms with E-state index < -0.39 is 0 Å². The highest BCUT2D eigenvalue weighted by atomic mass is 15.3. The second kappa shape index (κ2) is 9.15. The third-order valence-corrected chi connectivity index (χ3v) is 7.25. The molecule has 5 aromatic rings. The summed E-state index contributed by atoms with van der Waals surface area (Å²) in [5.41, 5.74) is 8.21. The first kappa shape index (κ1) is 22.4. The topological polar surface area (TPSA) is 37.2 Å². The van der Waals surface area contributed by atoms with E-state index >= 15 is 0 Å². The van der Waals surface area contributed by atoms with Gasteiger partial charge in [0.05, 0.1) is 5.39 Å². The van der Waals surface area contributed by atoms with Crippen molar-refractivity contribution in [2.45, 2.75) is 26.8 Å². The van der Waals surface area contributed by atoms with Crippen LogP contribution in [0.5, 0.6) is 0 Å². The van der Waals surface area contributed by atoms with Crippen LogP contribution >= 0.6 is 0 Å². The highest BCUT2D eigenvalue weighted by Crippen LogP contribution is 2.37. The van der Waals surface area contributed by atoms with E-state index in [9.17, 15) is 0 Å². The molecular formula is C31H31N5. The van der Waals surface area contributed by atoms with Gasteiger partial charge in [0.1, 0.15) is 12.1 Å². The number of rotatable bonds is 4. The molecule has 0 unspecified atom stereocenters. The van der Waals surface area contributed by atoms with Gasteiger partial charge < -0.3 is 14.4 Å². The zero-order chi connectivity index (χ0) is 24.6. The van der Waals surface area contributed by atoms with Crippen LogP contribution in [0.1, 0.15) is 18.1 Å². The van der Waals surface area contributed by atoms with Crippen LogP contribution in [-0.4, -0.2) is 40.2 Å². The zero-order valence-corrected chi connectivity index (χ0v) is 21.1. The molecule has 1 fully saturated rings. The molecule has 3 heterocycles. The van der Waals surface area contributed by atoms with Crippen molar-refractivity contribution in [3.8, 4) is 16.8 Å². The normalized spacial score (nSPS) is 16.0. The van der Waals surface area contributed by atoms with Gasteiger partial charge in [0, 0.05) is 48.8 Å². The van der Waals surface area contributed by atoms with Gasteiger partial charge in [-0.2, -0.15) is 0 Å². The van der Waals surface area contributed by atoms with E-state index in [4.69, 9.17) is 9.97 Å². The second-order valence-corrected chi connectivity index (χ2v) is 9.83. The maximum Gasteiger partial charge on any atom is 0.150 e. The molecule has 3 aromatic carbocycles. The third-order valence-electron chi connectivity index (χ3n) is 7.25. The van der Waals surface area contributed by atoms with E-state index in [0.717, 1.165) is 47.7 Å². The lowest BCUT2D eigenvalue weighted by atomic mass is 10.1. The maximum atomic E-state index is 4.86. The van der Waals surface area contributed by atoms with E-state index in [1.165, 1.54) is 22.4 Å². The summed E-state index contributed by atoms with van der Waals surface area (Å²) in [5.74, 6) is 1.01. The minimum absolute atomic E-state index is 0.367. The van der Waals surface area contributed by atoms with E-state index in [2.05, 4.69) is 120 Å². The van der Waals surface area contributed by atoms with Crippen LogP contribution in [0.4, 0.5) is 11.5 Å². The quantitative estimate of drug-likeness (QED) is 0.302. The minimum atomic E-state index is 0.367. The van der Waals surface area contributed by atoms with E-state index in [1.807, 2.05) is 0 Å². The Morgan fingerprint density at radius 2 is 1.42 bits per heavy atom. The number of aromatic nitrogens is 3. The van der Waals surface area contributed by atoms with E-state index in [0.29, 0.717) is 6.04 Å². The highest BCUT2D eigenvalue weighted by Gasteiger charge is 2.28. The number of benzene rings is 3. The average molecular weight is 474 g/mol. The van der Waals surface area contributed by atoms with Crippen LogP contribution in [0.15, 0.2) is 91.4 Å². The predicted octanol–water partition coefficient (Wildman–Crippen LogP) is 6.42. The molecule has 0 amide bonds. The molecule has 5 heteroatoms. The lowest BCUT2D eigenvalue weighted by Gasteiger charge is -2.42. The van der Waals surface area contributed by atoms with Crippen LogP contribution < -0.4 is 9.80 Å². The van der Waals surface area contributed by atoms with Crippen LogP contribution in [0, 0.1) is 13.8 Å². The molecule has 1 atom stereocenters. The molecule has 0 bridgehead atoms. The SMILES string of the molecule is Cc1ccc(N2CCN(c3ncnc4c3c(-c3ccccc3)cn4-c3ccc(C)cc3)C[C@@H]2C)cc1. The molecule has 1 aliphatic rings. The molecule has 0 saturated carbocycles. The molecule has 0 N–H and O–H groups in total. The van der Waals surface area contributed by atoms with E-state index in [1.54, 1.807) is 6.33 Å². The number of fused-ring (bicyclic) bond motifs is 1. The molecule has 0 spiro atoms. The standard InChI is InChI=1S/C31H31N5/c1-22-9-13-26(14-10-22)35-18-17-34(19-24(35)3)30-29-28(25-7-5-4-6-8-25)20-36(31(29)33-21-32-30)27-15-11-23(2)12-16-27/h4-16,20-21,24H,17-19H2,1-3H3/t24-/m0/s1. The summed E-state index contributed by atoms with van der Waals surface area (Å²) in [6, 6.07) is 28.4. The Hall–Kier alpha value is -4.12. The Morgan fingerprint density at radius 3 is 2.08 bits per heavy atom. The van der Waals surface area contributed by atoms with E-state index in [-0.39, 0.29) is 0 Å². The van der Waals surface area contributed by atoms with Crippen LogP contribution in [0.25, 0.3) is 27.8 Å². The fraction of sp³-hybridized carbons (Fsp3) is 0.226. The van der Waals surface area contributed by atoms with Gasteiger partial charge in [0.15, 0.2) is 5.65 Å². The van der Waals surface area contributed by atoms with Crippen molar-refractivity contribution >= 4 is 22.5 Å². The fourth-order valence-electron chi connectivity index (χ4n) is 5.29. The summed E-state index contributed by atoms with van der Waals surface area (Å²) in [6.45, 7) is 9.33. The molecule has 5 nitrogen and oxygen atoms in total. The Balaban J connectivity index is 1.43. The largest absolute Gasteiger partial charge is 0.365 e. The van der Waals surface area contributed by atoms with Crippen LogP contribution in [0.2, 0.25) is 0 Å². The molecule has 0 aliphatic carbocycles. The van der Waals surface area contributed by atoms with Crippen LogP contribution in [-0.2, 0) is 0 Å². The van der Waals surface area contributed by atoms with Crippen LogP contribution in [0.3, 0.4) is 0 Å². The second-order valence-electron chi connectivity index (χ2n) is 9.83. The van der Waals surface area contributed by atoms with Crippen molar-refractivity contribution in [1.29, 1.82) is 0 Å². The Bertz CT molecular complexity index is 1490. The molecule has 0 radical (unpaired) electrons. The van der Waals surface area contributed by atoms with Gasteiger partial charge in [-0.3, -0.25) is 0 Å². The lowest BCUT2D eigenvalue weighted by molar-refractivity contribution is 0.548. The summed E-state index contributed by atoms with van der Waals surface area (Å²) in [5, 5.41) is 1.11. The maximum absolute atomic E-state index is 4.86. The molecule has 1 saturated heterocycles. The Kier molecular flexibility index (Phi) is 5.68. The van der Waals surface area contributed by atoms with Gasteiger partial charge in [-0.25, -0.2) is 9.97 Å². The molecule has 36 heavy (non-hydrogen) atoms. The number of piperazine rings is 1. The van der Waals surface area contributed by atoms with Gasteiger partial charge in [0.25, 0.3) is 0 Å². The van der Waals surface area contributed by atoms with Crippen molar-refractivity contribution in [3.05, 3.63) is 103 Å². The minimum Gasteiger partial charge on any atom is -0.365 e. The highest BCUT2D eigenvalue weighted by molar-refractivity contribution is 6.02. The zero-order valence-electron chi connectivity index (χ0n) is 21.1. The van der Waals surface area contributed by atoms with Crippen molar-refractivity contribution < 1.29 is 0 Å². The summed E-state index contributed by atoms with van der Waals surface area (Å²) in [7, 11) is 0. The van der Waals surface area contributed by atoms with Crippen molar-refractivity contribution in [2.24, 2.45) is 0 Å². The van der Waals surface area contributed by atoms with Gasteiger partial charge >= 0.3 is 0 Å². The first-order valence-electron chi connectivity index (χ1n) is 12.7. The lowest BCUT2D eigenvalue weighted by Crippen LogP contribution is -2.52. The van der Waals surface area contributed by atoms with Crippen molar-refractivity contribution in [3.63, 3.8) is 0 Å². The van der Waals surface area contributed by atoms with Crippen molar-refractivity contribution in [1.82, 2.24) is 14.5 Å². The number of hydrogen-bond donors (Lipinski definition) is 0. The monoisotopic (exact) mass is 473 g/mol. The molecule has 1 aliphatic heterocycles. The first-order valence-corrected chi connectivity index (χ1v) is 12.7. The fourth-order valence-corrected chi connectivity index (χ4v) is 5.29. The number of hydrogen-bond acceptors (Lipinski definition) is 4. The van der Waals surface area contributed by atoms with Crippen molar-refractivity contribution in [2.75, 3.05) is 29.4 Å². The van der Waals surface area contributed by atoms with Gasteiger partial charge in [-0.1, -0.05) is 65.7 Å². The molecule has 6 rings (SSSR count). The Labute approximate surface area is 212 Å². The Morgan fingerprint density at radius 1 is 0.750 bits per heavy atom.